The highest BCUT2D eigenvalue weighted by Crippen LogP contribution is 2.26. The minimum atomic E-state index is -0.449. The van der Waals surface area contributed by atoms with E-state index >= 15 is 0 Å². The fourth-order valence-electron chi connectivity index (χ4n) is 3.92. The van der Waals surface area contributed by atoms with Crippen LogP contribution in [0.2, 0.25) is 5.02 Å². The molecule has 178 valence electrons. The van der Waals surface area contributed by atoms with E-state index in [-0.39, 0.29) is 11.5 Å². The Morgan fingerprint density at radius 1 is 1.06 bits per heavy atom. The second-order valence-corrected chi connectivity index (χ2v) is 9.45. The second-order valence-electron chi connectivity index (χ2n) is 8.07. The molecule has 0 bridgehead atoms. The zero-order chi connectivity index (χ0) is 24.4. The van der Waals surface area contributed by atoms with Crippen molar-refractivity contribution in [2.75, 3.05) is 26.3 Å². The summed E-state index contributed by atoms with van der Waals surface area (Å²) in [7, 11) is 0. The van der Waals surface area contributed by atoms with Crippen molar-refractivity contribution in [3.8, 4) is 5.69 Å². The van der Waals surface area contributed by atoms with Crippen LogP contribution in [0.15, 0.2) is 76.7 Å². The number of halogens is 2. The van der Waals surface area contributed by atoms with Gasteiger partial charge in [-0.2, -0.15) is 0 Å². The Kier molecular flexibility index (Phi) is 6.86. The van der Waals surface area contributed by atoms with Crippen LogP contribution in [0.3, 0.4) is 0 Å². The maximum absolute atomic E-state index is 14.0. The number of hydrogen-bond acceptors (Lipinski definition) is 5. The summed E-state index contributed by atoms with van der Waals surface area (Å²) in [6.45, 7) is 2.05. The van der Waals surface area contributed by atoms with Crippen molar-refractivity contribution < 1.29 is 13.9 Å². The van der Waals surface area contributed by atoms with Crippen LogP contribution in [-0.2, 0) is 10.5 Å². The molecule has 1 saturated heterocycles. The molecule has 1 aliphatic heterocycles. The van der Waals surface area contributed by atoms with E-state index in [1.165, 1.54) is 28.5 Å². The Morgan fingerprint density at radius 3 is 2.57 bits per heavy atom. The monoisotopic (exact) mass is 509 g/mol. The SMILES string of the molecule is O=C(c1ccc2c(=O)n(-c3cccc(F)c3)c(SCc3ccc(Cl)cc3)nc2c1)N1CCOCC1. The molecule has 1 amide bonds. The molecular formula is C26H21ClFN3O3S. The van der Waals surface area contributed by atoms with E-state index in [9.17, 15) is 14.0 Å². The lowest BCUT2D eigenvalue weighted by Gasteiger charge is -2.26. The van der Waals surface area contributed by atoms with Gasteiger partial charge in [-0.15, -0.1) is 0 Å². The Hall–Kier alpha value is -3.20. The Bertz CT molecular complexity index is 1450. The molecule has 0 atom stereocenters. The van der Waals surface area contributed by atoms with Crippen molar-refractivity contribution in [1.29, 1.82) is 0 Å². The molecule has 1 aromatic heterocycles. The van der Waals surface area contributed by atoms with Crippen molar-refractivity contribution in [2.24, 2.45) is 0 Å². The number of thioether (sulfide) groups is 1. The van der Waals surface area contributed by atoms with Crippen LogP contribution in [0.4, 0.5) is 4.39 Å². The molecule has 0 saturated carbocycles. The number of carbonyl (C=O) groups is 1. The van der Waals surface area contributed by atoms with Gasteiger partial charge in [0.15, 0.2) is 5.16 Å². The van der Waals surface area contributed by atoms with Gasteiger partial charge in [0.25, 0.3) is 11.5 Å². The number of aromatic nitrogens is 2. The molecule has 1 fully saturated rings. The molecule has 0 N–H and O–H groups in total. The number of hydrogen-bond donors (Lipinski definition) is 0. The first-order valence-corrected chi connectivity index (χ1v) is 12.4. The fraction of sp³-hybridized carbons (Fsp3) is 0.192. The number of benzene rings is 3. The largest absolute Gasteiger partial charge is 0.378 e. The summed E-state index contributed by atoms with van der Waals surface area (Å²) in [5.41, 5.74) is 1.93. The smallest absolute Gasteiger partial charge is 0.266 e. The predicted octanol–water partition coefficient (Wildman–Crippen LogP) is 4.94. The average molecular weight is 510 g/mol. The van der Waals surface area contributed by atoms with Crippen molar-refractivity contribution in [3.05, 3.63) is 99.1 Å². The highest BCUT2D eigenvalue weighted by Gasteiger charge is 2.20. The van der Waals surface area contributed by atoms with Crippen molar-refractivity contribution >= 4 is 40.2 Å². The lowest BCUT2D eigenvalue weighted by atomic mass is 10.1. The van der Waals surface area contributed by atoms with Crippen LogP contribution in [0.25, 0.3) is 16.6 Å². The number of morpholine rings is 1. The van der Waals surface area contributed by atoms with Gasteiger partial charge >= 0.3 is 0 Å². The molecule has 6 nitrogen and oxygen atoms in total. The van der Waals surface area contributed by atoms with Gasteiger partial charge in [-0.05, 0) is 54.1 Å². The van der Waals surface area contributed by atoms with Gasteiger partial charge < -0.3 is 9.64 Å². The summed E-state index contributed by atoms with van der Waals surface area (Å²) >= 11 is 7.35. The van der Waals surface area contributed by atoms with Crippen molar-refractivity contribution in [1.82, 2.24) is 14.5 Å². The van der Waals surface area contributed by atoms with Crippen LogP contribution in [0.1, 0.15) is 15.9 Å². The number of nitrogens with zero attached hydrogens (tertiary/aromatic N) is 3. The summed E-state index contributed by atoms with van der Waals surface area (Å²) in [6, 6.07) is 18.2. The Balaban J connectivity index is 1.58. The fourth-order valence-corrected chi connectivity index (χ4v) is 5.01. The average Bonchev–Trinajstić information content (AvgIpc) is 2.88. The molecule has 0 spiro atoms. The topological polar surface area (TPSA) is 64.4 Å². The summed E-state index contributed by atoms with van der Waals surface area (Å²) in [5, 5.41) is 1.39. The third-order valence-electron chi connectivity index (χ3n) is 5.73. The summed E-state index contributed by atoms with van der Waals surface area (Å²) in [5.74, 6) is -0.0483. The Morgan fingerprint density at radius 2 is 1.83 bits per heavy atom. The van der Waals surface area contributed by atoms with Gasteiger partial charge in [0.1, 0.15) is 5.82 Å². The molecule has 3 aromatic carbocycles. The lowest BCUT2D eigenvalue weighted by Crippen LogP contribution is -2.40. The molecule has 0 radical (unpaired) electrons. The van der Waals surface area contributed by atoms with Crippen LogP contribution in [-0.4, -0.2) is 46.7 Å². The van der Waals surface area contributed by atoms with Crippen LogP contribution >= 0.6 is 23.4 Å². The van der Waals surface area contributed by atoms with E-state index in [0.29, 0.717) is 64.4 Å². The highest BCUT2D eigenvalue weighted by atomic mass is 35.5. The van der Waals surface area contributed by atoms with Crippen LogP contribution in [0, 0.1) is 5.82 Å². The minimum absolute atomic E-state index is 0.123. The first-order chi connectivity index (χ1) is 17.0. The first kappa shape index (κ1) is 23.5. The molecule has 35 heavy (non-hydrogen) atoms. The molecule has 2 heterocycles. The van der Waals surface area contributed by atoms with E-state index in [1.807, 2.05) is 12.1 Å². The van der Waals surface area contributed by atoms with E-state index in [0.717, 1.165) is 5.56 Å². The number of rotatable bonds is 5. The molecule has 9 heteroatoms. The zero-order valence-electron chi connectivity index (χ0n) is 18.6. The van der Waals surface area contributed by atoms with E-state index < -0.39 is 5.82 Å². The van der Waals surface area contributed by atoms with E-state index in [4.69, 9.17) is 21.3 Å². The third-order valence-corrected chi connectivity index (χ3v) is 6.99. The number of ether oxygens (including phenoxy) is 1. The molecule has 5 rings (SSSR count). The van der Waals surface area contributed by atoms with Gasteiger partial charge in [-0.3, -0.25) is 14.2 Å². The maximum atomic E-state index is 14.0. The number of amides is 1. The maximum Gasteiger partial charge on any atom is 0.266 e. The second kappa shape index (κ2) is 10.2. The molecular weight excluding hydrogens is 489 g/mol. The van der Waals surface area contributed by atoms with Gasteiger partial charge in [0, 0.05) is 29.4 Å². The Labute approximate surface area is 210 Å². The van der Waals surface area contributed by atoms with Crippen LogP contribution < -0.4 is 5.56 Å². The lowest BCUT2D eigenvalue weighted by molar-refractivity contribution is 0.0303. The third kappa shape index (κ3) is 5.10. The molecule has 1 aliphatic rings. The quantitative estimate of drug-likeness (QED) is 0.281. The summed E-state index contributed by atoms with van der Waals surface area (Å²) < 4.78 is 20.8. The molecule has 0 unspecified atom stereocenters. The van der Waals surface area contributed by atoms with Gasteiger partial charge in [-0.1, -0.05) is 41.6 Å². The number of carbonyl (C=O) groups excluding carboxylic acids is 1. The predicted molar refractivity (Wildman–Crippen MR) is 135 cm³/mol. The van der Waals surface area contributed by atoms with Crippen molar-refractivity contribution in [2.45, 2.75) is 10.9 Å². The molecule has 0 aliphatic carbocycles. The highest BCUT2D eigenvalue weighted by molar-refractivity contribution is 7.98. The summed E-state index contributed by atoms with van der Waals surface area (Å²) in [4.78, 5) is 33.0. The van der Waals surface area contributed by atoms with Crippen molar-refractivity contribution in [3.63, 3.8) is 0 Å². The van der Waals surface area contributed by atoms with Gasteiger partial charge in [-0.25, -0.2) is 9.37 Å². The van der Waals surface area contributed by atoms with E-state index in [2.05, 4.69) is 0 Å². The van der Waals surface area contributed by atoms with Crippen LogP contribution in [0.5, 0.6) is 0 Å². The van der Waals surface area contributed by atoms with Gasteiger partial charge in [0.05, 0.1) is 29.8 Å². The molecule has 4 aromatic rings. The summed E-state index contributed by atoms with van der Waals surface area (Å²) in [6.07, 6.45) is 0. The van der Waals surface area contributed by atoms with Gasteiger partial charge in [0.2, 0.25) is 0 Å². The zero-order valence-corrected chi connectivity index (χ0v) is 20.2. The normalized spacial score (nSPS) is 13.8. The number of fused-ring (bicyclic) bond motifs is 1. The minimum Gasteiger partial charge on any atom is -0.378 e. The van der Waals surface area contributed by atoms with E-state index in [1.54, 1.807) is 47.4 Å². The standard InChI is InChI=1S/C26H21ClFN3O3S/c27-19-7-4-17(5-8-19)16-35-26-29-23-14-18(24(32)30-10-12-34-13-11-30)6-9-22(23)25(33)31(26)21-3-1-2-20(28)15-21/h1-9,14-15H,10-13,16H2. The first-order valence-electron chi connectivity index (χ1n) is 11.1.